The Bertz CT molecular complexity index is 1280. The zero-order valence-corrected chi connectivity index (χ0v) is 18.3. The first kappa shape index (κ1) is 22.0. The van der Waals surface area contributed by atoms with Gasteiger partial charge in [0.1, 0.15) is 5.75 Å². The first-order valence-electron chi connectivity index (χ1n) is 10.3. The number of para-hydroxylation sites is 2. The Balaban J connectivity index is 1.56. The van der Waals surface area contributed by atoms with Gasteiger partial charge in [0, 0.05) is 5.56 Å². The van der Waals surface area contributed by atoms with Gasteiger partial charge in [-0.25, -0.2) is 9.69 Å². The number of methoxy groups -OCH3 is 1. The SMILES string of the molecule is COc1ccccc1N1C(=O)c2ccc(C(=O)O[C@@H](C)C(=O)c3ccc(C)cc3)cc2C1=O. The number of nitrogens with zero attached hydrogens (tertiary/aromatic N) is 1. The lowest BCUT2D eigenvalue weighted by Crippen LogP contribution is -2.29. The number of imide groups is 1. The van der Waals surface area contributed by atoms with Gasteiger partial charge in [0.2, 0.25) is 5.78 Å². The molecule has 0 unspecified atom stereocenters. The zero-order valence-electron chi connectivity index (χ0n) is 18.3. The van der Waals surface area contributed by atoms with Crippen LogP contribution in [0.25, 0.3) is 0 Å². The van der Waals surface area contributed by atoms with Crippen molar-refractivity contribution >= 4 is 29.3 Å². The van der Waals surface area contributed by atoms with Gasteiger partial charge in [0.15, 0.2) is 6.10 Å². The van der Waals surface area contributed by atoms with E-state index in [2.05, 4.69) is 0 Å². The molecule has 1 aliphatic rings. The normalized spacial score (nSPS) is 13.5. The van der Waals surface area contributed by atoms with Crippen LogP contribution in [0.3, 0.4) is 0 Å². The molecular weight excluding hydrogens is 422 g/mol. The van der Waals surface area contributed by atoms with Crippen LogP contribution in [0.15, 0.2) is 66.7 Å². The van der Waals surface area contributed by atoms with Crippen molar-refractivity contribution in [3.05, 3.63) is 94.5 Å². The summed E-state index contributed by atoms with van der Waals surface area (Å²) in [7, 11) is 1.45. The average Bonchev–Trinajstić information content (AvgIpc) is 3.08. The molecule has 7 nitrogen and oxygen atoms in total. The van der Waals surface area contributed by atoms with E-state index >= 15 is 0 Å². The molecule has 3 aromatic rings. The number of carbonyl (C=O) groups excluding carboxylic acids is 4. The van der Waals surface area contributed by atoms with Crippen LogP contribution in [0.4, 0.5) is 5.69 Å². The highest BCUT2D eigenvalue weighted by molar-refractivity contribution is 6.35. The van der Waals surface area contributed by atoms with Crippen LogP contribution in [0, 0.1) is 6.92 Å². The molecule has 2 amide bonds. The van der Waals surface area contributed by atoms with Gasteiger partial charge in [-0.05, 0) is 44.2 Å². The summed E-state index contributed by atoms with van der Waals surface area (Å²) in [6.45, 7) is 3.40. The Kier molecular flexibility index (Phi) is 5.79. The first-order valence-corrected chi connectivity index (χ1v) is 10.3. The van der Waals surface area contributed by atoms with Crippen LogP contribution in [-0.2, 0) is 4.74 Å². The van der Waals surface area contributed by atoms with Crippen LogP contribution in [-0.4, -0.2) is 36.8 Å². The molecule has 166 valence electrons. The third-order valence-corrected chi connectivity index (χ3v) is 5.44. The fraction of sp³-hybridized carbons (Fsp3) is 0.154. The monoisotopic (exact) mass is 443 g/mol. The molecule has 0 spiro atoms. The third-order valence-electron chi connectivity index (χ3n) is 5.44. The van der Waals surface area contributed by atoms with Gasteiger partial charge in [-0.1, -0.05) is 42.0 Å². The van der Waals surface area contributed by atoms with Gasteiger partial charge in [0.05, 0.1) is 29.5 Å². The number of amides is 2. The van der Waals surface area contributed by atoms with Crippen molar-refractivity contribution in [1.82, 2.24) is 0 Å². The van der Waals surface area contributed by atoms with Gasteiger partial charge in [-0.2, -0.15) is 0 Å². The Hall–Kier alpha value is -4.26. The lowest BCUT2D eigenvalue weighted by Gasteiger charge is -2.16. The van der Waals surface area contributed by atoms with Crippen molar-refractivity contribution in [1.29, 1.82) is 0 Å². The molecule has 1 heterocycles. The zero-order chi connectivity index (χ0) is 23.7. The molecule has 0 saturated carbocycles. The van der Waals surface area contributed by atoms with Crippen LogP contribution < -0.4 is 9.64 Å². The molecule has 4 rings (SSSR count). The number of ketones is 1. The number of aryl methyl sites for hydroxylation is 1. The number of anilines is 1. The number of rotatable bonds is 6. The summed E-state index contributed by atoms with van der Waals surface area (Å²) in [6, 6.07) is 17.8. The van der Waals surface area contributed by atoms with E-state index in [1.807, 2.05) is 6.92 Å². The van der Waals surface area contributed by atoms with Crippen molar-refractivity contribution in [2.24, 2.45) is 0 Å². The highest BCUT2D eigenvalue weighted by Gasteiger charge is 2.38. The number of carbonyl (C=O) groups is 4. The molecule has 0 aromatic heterocycles. The standard InChI is InChI=1S/C26H21NO6/c1-15-8-10-17(11-9-15)23(28)16(2)33-26(31)18-12-13-19-20(14-18)25(30)27(24(19)29)21-6-4-5-7-22(21)32-3/h4-14,16H,1-3H3/t16-/m0/s1. The molecule has 7 heteroatoms. The van der Waals surface area contributed by atoms with Crippen LogP contribution in [0.1, 0.15) is 53.9 Å². The lowest BCUT2D eigenvalue weighted by atomic mass is 10.0. The molecule has 0 aliphatic carbocycles. The van der Waals surface area contributed by atoms with Gasteiger partial charge in [-0.15, -0.1) is 0 Å². The van der Waals surface area contributed by atoms with Crippen molar-refractivity contribution in [2.45, 2.75) is 20.0 Å². The van der Waals surface area contributed by atoms with Gasteiger partial charge < -0.3 is 9.47 Å². The quantitative estimate of drug-likeness (QED) is 0.322. The molecule has 0 radical (unpaired) electrons. The van der Waals surface area contributed by atoms with Gasteiger partial charge in [-0.3, -0.25) is 14.4 Å². The Labute approximate surface area is 190 Å². The third kappa shape index (κ3) is 4.01. The van der Waals surface area contributed by atoms with Crippen LogP contribution >= 0.6 is 0 Å². The number of ether oxygens (including phenoxy) is 2. The van der Waals surface area contributed by atoms with E-state index in [1.165, 1.54) is 32.2 Å². The summed E-state index contributed by atoms with van der Waals surface area (Å²) in [5, 5.41) is 0. The highest BCUT2D eigenvalue weighted by Crippen LogP contribution is 2.35. The Morgan fingerprint density at radius 1 is 0.848 bits per heavy atom. The molecular formula is C26H21NO6. The van der Waals surface area contributed by atoms with E-state index in [1.54, 1.807) is 48.5 Å². The summed E-state index contributed by atoms with van der Waals surface area (Å²) < 4.78 is 10.6. The van der Waals surface area contributed by atoms with E-state index in [0.29, 0.717) is 17.0 Å². The predicted octanol–water partition coefficient (Wildman–Crippen LogP) is 4.23. The second-order valence-corrected chi connectivity index (χ2v) is 7.66. The van der Waals surface area contributed by atoms with Gasteiger partial charge in [0.25, 0.3) is 11.8 Å². The Morgan fingerprint density at radius 2 is 1.48 bits per heavy atom. The molecule has 1 atom stereocenters. The van der Waals surface area contributed by atoms with E-state index in [4.69, 9.17) is 9.47 Å². The minimum absolute atomic E-state index is 0.0698. The molecule has 0 N–H and O–H groups in total. The topological polar surface area (TPSA) is 90.0 Å². The maximum Gasteiger partial charge on any atom is 0.338 e. The Morgan fingerprint density at radius 3 is 2.18 bits per heavy atom. The molecule has 3 aromatic carbocycles. The average molecular weight is 443 g/mol. The van der Waals surface area contributed by atoms with E-state index in [9.17, 15) is 19.2 Å². The fourth-order valence-electron chi connectivity index (χ4n) is 3.64. The summed E-state index contributed by atoms with van der Waals surface area (Å²) in [5.74, 6) is -1.81. The number of Topliss-reactive ketones (excluding diaryl/α,β-unsaturated/α-hetero) is 1. The summed E-state index contributed by atoms with van der Waals surface area (Å²) in [6.07, 6.45) is -1.02. The van der Waals surface area contributed by atoms with Crippen molar-refractivity contribution < 1.29 is 28.7 Å². The maximum absolute atomic E-state index is 13.0. The number of hydrogen-bond acceptors (Lipinski definition) is 6. The second kappa shape index (κ2) is 8.70. The molecule has 0 saturated heterocycles. The minimum Gasteiger partial charge on any atom is -0.495 e. The number of benzene rings is 3. The smallest absolute Gasteiger partial charge is 0.338 e. The largest absolute Gasteiger partial charge is 0.495 e. The minimum atomic E-state index is -1.02. The molecule has 1 aliphatic heterocycles. The number of fused-ring (bicyclic) bond motifs is 1. The van der Waals surface area contributed by atoms with Gasteiger partial charge >= 0.3 is 5.97 Å². The number of esters is 1. The van der Waals surface area contributed by atoms with Crippen molar-refractivity contribution in [3.8, 4) is 5.75 Å². The number of hydrogen-bond donors (Lipinski definition) is 0. The maximum atomic E-state index is 13.0. The van der Waals surface area contributed by atoms with E-state index in [0.717, 1.165) is 10.5 Å². The first-order chi connectivity index (χ1) is 15.8. The second-order valence-electron chi connectivity index (χ2n) is 7.66. The van der Waals surface area contributed by atoms with E-state index < -0.39 is 23.9 Å². The van der Waals surface area contributed by atoms with Crippen LogP contribution in [0.2, 0.25) is 0 Å². The van der Waals surface area contributed by atoms with E-state index in [-0.39, 0.29) is 22.5 Å². The highest BCUT2D eigenvalue weighted by atomic mass is 16.5. The summed E-state index contributed by atoms with van der Waals surface area (Å²) in [5.41, 5.74) is 2.08. The van der Waals surface area contributed by atoms with Crippen LogP contribution in [0.5, 0.6) is 5.75 Å². The molecule has 0 bridgehead atoms. The lowest BCUT2D eigenvalue weighted by molar-refractivity contribution is 0.0318. The summed E-state index contributed by atoms with van der Waals surface area (Å²) in [4.78, 5) is 52.2. The van der Waals surface area contributed by atoms with Crippen molar-refractivity contribution in [2.75, 3.05) is 12.0 Å². The molecule has 0 fully saturated rings. The molecule has 33 heavy (non-hydrogen) atoms. The fourth-order valence-corrected chi connectivity index (χ4v) is 3.64. The van der Waals surface area contributed by atoms with Crippen molar-refractivity contribution in [3.63, 3.8) is 0 Å². The summed E-state index contributed by atoms with van der Waals surface area (Å²) >= 11 is 0. The predicted molar refractivity (Wildman–Crippen MR) is 121 cm³/mol.